The normalized spacial score (nSPS) is 9.95. The number of non-ortho nitro benzene ring substituents is 1. The summed E-state index contributed by atoms with van der Waals surface area (Å²) < 4.78 is 5.55. The Morgan fingerprint density at radius 2 is 2.10 bits per heavy atom. The Hall–Kier alpha value is -2.58. The molecule has 2 rings (SSSR count). The maximum atomic E-state index is 10.7. The number of benzene rings is 2. The second kappa shape index (κ2) is 6.25. The Kier molecular flexibility index (Phi) is 4.41. The number of halogens is 1. The Labute approximate surface area is 126 Å². The van der Waals surface area contributed by atoms with Crippen molar-refractivity contribution in [1.29, 1.82) is 5.26 Å². The molecular formula is C15H11ClN2O3. The number of hydrogen-bond donors (Lipinski definition) is 0. The molecule has 0 radical (unpaired) electrons. The van der Waals surface area contributed by atoms with Crippen LogP contribution in [0.2, 0.25) is 5.02 Å². The van der Waals surface area contributed by atoms with Crippen LogP contribution in [0.5, 0.6) is 5.75 Å². The number of nitro groups is 1. The molecule has 0 unspecified atom stereocenters. The number of nitro benzene ring substituents is 1. The second-order valence-electron chi connectivity index (χ2n) is 4.41. The van der Waals surface area contributed by atoms with E-state index >= 15 is 0 Å². The third-order valence-electron chi connectivity index (χ3n) is 2.98. The van der Waals surface area contributed by atoms with Crippen LogP contribution in [-0.4, -0.2) is 4.92 Å². The molecule has 0 saturated carbocycles. The van der Waals surface area contributed by atoms with Gasteiger partial charge in [0.25, 0.3) is 5.69 Å². The molecule has 0 aromatic heterocycles. The van der Waals surface area contributed by atoms with Crippen LogP contribution in [0.4, 0.5) is 5.69 Å². The Balaban J connectivity index is 2.18. The summed E-state index contributed by atoms with van der Waals surface area (Å²) >= 11 is 5.96. The van der Waals surface area contributed by atoms with Crippen LogP contribution in [0, 0.1) is 28.4 Å². The van der Waals surface area contributed by atoms with Crippen molar-refractivity contribution < 1.29 is 9.66 Å². The lowest BCUT2D eigenvalue weighted by Gasteiger charge is -2.10. The molecule has 0 N–H and O–H groups in total. The third kappa shape index (κ3) is 3.50. The fraction of sp³-hybridized carbons (Fsp3) is 0.133. The van der Waals surface area contributed by atoms with E-state index < -0.39 is 4.92 Å². The molecule has 0 aliphatic rings. The van der Waals surface area contributed by atoms with Crippen molar-refractivity contribution >= 4 is 17.3 Å². The predicted molar refractivity (Wildman–Crippen MR) is 78.3 cm³/mol. The topological polar surface area (TPSA) is 76.2 Å². The first-order chi connectivity index (χ1) is 10.0. The van der Waals surface area contributed by atoms with E-state index in [0.29, 0.717) is 10.6 Å². The molecule has 0 fully saturated rings. The molecular weight excluding hydrogens is 292 g/mol. The van der Waals surface area contributed by atoms with Gasteiger partial charge in [-0.25, -0.2) is 0 Å². The molecule has 21 heavy (non-hydrogen) atoms. The molecule has 106 valence electrons. The smallest absolute Gasteiger partial charge is 0.273 e. The molecule has 0 amide bonds. The van der Waals surface area contributed by atoms with Gasteiger partial charge in [-0.15, -0.1) is 0 Å². The summed E-state index contributed by atoms with van der Waals surface area (Å²) in [5.41, 5.74) is 2.29. The van der Waals surface area contributed by atoms with Gasteiger partial charge in [0.05, 0.1) is 27.6 Å². The van der Waals surface area contributed by atoms with Crippen LogP contribution in [0.15, 0.2) is 36.4 Å². The van der Waals surface area contributed by atoms with Crippen LogP contribution >= 0.6 is 11.6 Å². The quantitative estimate of drug-likeness (QED) is 0.631. The van der Waals surface area contributed by atoms with Crippen LogP contribution in [0.1, 0.15) is 16.7 Å². The average molecular weight is 303 g/mol. The van der Waals surface area contributed by atoms with E-state index in [9.17, 15) is 10.1 Å². The number of nitrogens with zero attached hydrogens (tertiary/aromatic N) is 2. The minimum absolute atomic E-state index is 0.0778. The lowest BCUT2D eigenvalue weighted by molar-refractivity contribution is -0.384. The molecule has 2 aromatic rings. The fourth-order valence-corrected chi connectivity index (χ4v) is 1.97. The molecule has 6 heteroatoms. The highest BCUT2D eigenvalue weighted by Crippen LogP contribution is 2.29. The lowest BCUT2D eigenvalue weighted by atomic mass is 10.1. The predicted octanol–water partition coefficient (Wildman–Crippen LogP) is 4.01. The zero-order valence-electron chi connectivity index (χ0n) is 11.2. The van der Waals surface area contributed by atoms with Crippen molar-refractivity contribution in [3.8, 4) is 11.8 Å². The first-order valence-electron chi connectivity index (χ1n) is 6.07. The van der Waals surface area contributed by atoms with Crippen molar-refractivity contribution in [2.75, 3.05) is 0 Å². The molecule has 0 atom stereocenters. The molecule has 2 aromatic carbocycles. The second-order valence-corrected chi connectivity index (χ2v) is 4.82. The summed E-state index contributed by atoms with van der Waals surface area (Å²) in [5.74, 6) is 0.259. The molecule has 0 aliphatic carbocycles. The van der Waals surface area contributed by atoms with Gasteiger partial charge in [0.2, 0.25) is 0 Å². The molecule has 0 saturated heterocycles. The maximum absolute atomic E-state index is 10.7. The number of rotatable bonds is 4. The van der Waals surface area contributed by atoms with Crippen molar-refractivity contribution in [2.45, 2.75) is 13.5 Å². The summed E-state index contributed by atoms with van der Waals surface area (Å²) in [6.45, 7) is 2.09. The van der Waals surface area contributed by atoms with E-state index in [1.807, 2.05) is 6.92 Å². The van der Waals surface area contributed by atoms with Crippen LogP contribution in [-0.2, 0) is 6.61 Å². The number of hydrogen-bond acceptors (Lipinski definition) is 4. The van der Waals surface area contributed by atoms with Gasteiger partial charge < -0.3 is 4.74 Å². The summed E-state index contributed by atoms with van der Waals surface area (Å²) in [7, 11) is 0. The molecule has 0 spiro atoms. The van der Waals surface area contributed by atoms with Gasteiger partial charge in [0.1, 0.15) is 12.4 Å². The molecule has 5 nitrogen and oxygen atoms in total. The van der Waals surface area contributed by atoms with E-state index in [2.05, 4.69) is 6.07 Å². The van der Waals surface area contributed by atoms with Crippen molar-refractivity contribution in [3.63, 3.8) is 0 Å². The van der Waals surface area contributed by atoms with E-state index in [4.69, 9.17) is 21.6 Å². The summed E-state index contributed by atoms with van der Waals surface area (Å²) in [5, 5.41) is 19.9. The molecule has 0 aliphatic heterocycles. The van der Waals surface area contributed by atoms with Gasteiger partial charge in [-0.3, -0.25) is 10.1 Å². The van der Waals surface area contributed by atoms with E-state index in [-0.39, 0.29) is 18.0 Å². The number of aryl methyl sites for hydroxylation is 1. The van der Waals surface area contributed by atoms with Gasteiger partial charge in [0.15, 0.2) is 0 Å². The Morgan fingerprint density at radius 3 is 2.71 bits per heavy atom. The zero-order chi connectivity index (χ0) is 15.4. The third-order valence-corrected chi connectivity index (χ3v) is 3.29. The molecule has 0 bridgehead atoms. The van der Waals surface area contributed by atoms with E-state index in [1.54, 1.807) is 18.2 Å². The number of nitriles is 1. The van der Waals surface area contributed by atoms with Gasteiger partial charge in [-0.2, -0.15) is 5.26 Å². The SMILES string of the molecule is Cc1cc(C#N)ccc1COc1cc([N+](=O)[O-])ccc1Cl. The van der Waals surface area contributed by atoms with Gasteiger partial charge in [0, 0.05) is 6.07 Å². The zero-order valence-corrected chi connectivity index (χ0v) is 11.9. The minimum Gasteiger partial charge on any atom is -0.487 e. The first-order valence-corrected chi connectivity index (χ1v) is 6.45. The van der Waals surface area contributed by atoms with Gasteiger partial charge in [-0.1, -0.05) is 17.7 Å². The lowest BCUT2D eigenvalue weighted by Crippen LogP contribution is -1.99. The summed E-state index contributed by atoms with van der Waals surface area (Å²) in [6.07, 6.45) is 0. The summed E-state index contributed by atoms with van der Waals surface area (Å²) in [6, 6.07) is 11.4. The van der Waals surface area contributed by atoms with Crippen LogP contribution in [0.3, 0.4) is 0 Å². The van der Waals surface area contributed by atoms with Crippen LogP contribution in [0.25, 0.3) is 0 Å². The van der Waals surface area contributed by atoms with E-state index in [0.717, 1.165) is 11.1 Å². The van der Waals surface area contributed by atoms with Gasteiger partial charge in [-0.05, 0) is 36.2 Å². The Morgan fingerprint density at radius 1 is 1.33 bits per heavy atom. The highest BCUT2D eigenvalue weighted by Gasteiger charge is 2.11. The maximum Gasteiger partial charge on any atom is 0.273 e. The fourth-order valence-electron chi connectivity index (χ4n) is 1.80. The van der Waals surface area contributed by atoms with Gasteiger partial charge >= 0.3 is 0 Å². The van der Waals surface area contributed by atoms with Crippen molar-refractivity contribution in [2.24, 2.45) is 0 Å². The summed E-state index contributed by atoms with van der Waals surface area (Å²) in [4.78, 5) is 10.2. The van der Waals surface area contributed by atoms with Crippen LogP contribution < -0.4 is 4.74 Å². The van der Waals surface area contributed by atoms with Crippen molar-refractivity contribution in [1.82, 2.24) is 0 Å². The standard InChI is InChI=1S/C15H11ClN2O3/c1-10-6-11(8-17)2-3-12(10)9-21-15-7-13(18(19)20)4-5-14(15)16/h2-7H,9H2,1H3. The highest BCUT2D eigenvalue weighted by atomic mass is 35.5. The number of ether oxygens (including phenoxy) is 1. The van der Waals surface area contributed by atoms with E-state index in [1.165, 1.54) is 18.2 Å². The average Bonchev–Trinajstić information content (AvgIpc) is 2.47. The Bertz CT molecular complexity index is 738. The first kappa shape index (κ1) is 14.8. The van der Waals surface area contributed by atoms with Crippen molar-refractivity contribution in [3.05, 3.63) is 68.2 Å². The highest BCUT2D eigenvalue weighted by molar-refractivity contribution is 6.32. The molecule has 0 heterocycles. The minimum atomic E-state index is -0.504. The monoisotopic (exact) mass is 302 g/mol. The largest absolute Gasteiger partial charge is 0.487 e.